The molecule has 0 aliphatic carbocycles. The molecule has 1 rings (SSSR count). The summed E-state index contributed by atoms with van der Waals surface area (Å²) in [5.74, 6) is 1.64. The van der Waals surface area contributed by atoms with Gasteiger partial charge in [-0.25, -0.2) is 4.79 Å². The lowest BCUT2D eigenvalue weighted by Gasteiger charge is -2.34. The van der Waals surface area contributed by atoms with Crippen molar-refractivity contribution in [2.24, 2.45) is 0 Å². The first kappa shape index (κ1) is 30.0. The highest BCUT2D eigenvalue weighted by Gasteiger charge is 2.36. The third kappa shape index (κ3) is 9.99. The van der Waals surface area contributed by atoms with E-state index in [1.54, 1.807) is 45.0 Å². The summed E-state index contributed by atoms with van der Waals surface area (Å²) in [4.78, 5) is 40.8. The molecule has 0 fully saturated rings. The van der Waals surface area contributed by atoms with E-state index in [0.29, 0.717) is 17.5 Å². The fourth-order valence-corrected chi connectivity index (χ4v) is 3.59. The highest BCUT2D eigenvalue weighted by atomic mass is 16.6. The first-order valence-electron chi connectivity index (χ1n) is 12.2. The molecule has 1 aromatic rings. The SMILES string of the molecule is C#Cc1ccc(C(C(=O)NC(C)CCC)N(CCCC)C(=O)C(CO)NC(=O)OC(C)(C)C)cc1. The van der Waals surface area contributed by atoms with Gasteiger partial charge in [-0.2, -0.15) is 0 Å². The van der Waals surface area contributed by atoms with Crippen LogP contribution in [0.15, 0.2) is 24.3 Å². The van der Waals surface area contributed by atoms with Gasteiger partial charge in [0, 0.05) is 18.2 Å². The van der Waals surface area contributed by atoms with Gasteiger partial charge in [0.15, 0.2) is 0 Å². The van der Waals surface area contributed by atoms with E-state index < -0.39 is 36.3 Å². The predicted molar refractivity (Wildman–Crippen MR) is 136 cm³/mol. The van der Waals surface area contributed by atoms with Crippen molar-refractivity contribution >= 4 is 17.9 Å². The maximum absolute atomic E-state index is 13.6. The molecular formula is C27H41N3O5. The van der Waals surface area contributed by atoms with Gasteiger partial charge < -0.3 is 25.4 Å². The van der Waals surface area contributed by atoms with E-state index in [1.165, 1.54) is 4.90 Å². The number of amides is 3. The summed E-state index contributed by atoms with van der Waals surface area (Å²) >= 11 is 0. The molecule has 35 heavy (non-hydrogen) atoms. The molecule has 1 aromatic carbocycles. The van der Waals surface area contributed by atoms with Gasteiger partial charge >= 0.3 is 6.09 Å². The number of nitrogens with one attached hydrogen (secondary N) is 2. The molecule has 0 aliphatic heterocycles. The number of ether oxygens (including phenoxy) is 1. The van der Waals surface area contributed by atoms with Gasteiger partial charge in [0.2, 0.25) is 11.8 Å². The Kier molecular flexibility index (Phi) is 12.3. The summed E-state index contributed by atoms with van der Waals surface area (Å²) in [6.07, 6.45) is 7.76. The molecule has 0 heterocycles. The number of aliphatic hydroxyl groups excluding tert-OH is 1. The number of rotatable bonds is 12. The highest BCUT2D eigenvalue weighted by molar-refractivity contribution is 5.92. The van der Waals surface area contributed by atoms with Crippen LogP contribution in [0.5, 0.6) is 0 Å². The third-order valence-corrected chi connectivity index (χ3v) is 5.27. The number of terminal acetylenes is 1. The first-order valence-corrected chi connectivity index (χ1v) is 12.2. The van der Waals surface area contributed by atoms with Crippen molar-refractivity contribution in [1.82, 2.24) is 15.5 Å². The summed E-state index contributed by atoms with van der Waals surface area (Å²) in [5, 5.41) is 15.4. The Balaban J connectivity index is 3.39. The lowest BCUT2D eigenvalue weighted by molar-refractivity contribution is -0.143. The lowest BCUT2D eigenvalue weighted by atomic mass is 10.00. The summed E-state index contributed by atoms with van der Waals surface area (Å²) in [7, 11) is 0. The minimum absolute atomic E-state index is 0.0864. The third-order valence-electron chi connectivity index (χ3n) is 5.27. The zero-order chi connectivity index (χ0) is 26.6. The van der Waals surface area contributed by atoms with E-state index in [0.717, 1.165) is 19.3 Å². The Morgan fingerprint density at radius 3 is 2.23 bits per heavy atom. The average molecular weight is 488 g/mol. The van der Waals surface area contributed by atoms with Crippen molar-refractivity contribution in [2.45, 2.75) is 91.0 Å². The van der Waals surface area contributed by atoms with Crippen LogP contribution in [0.4, 0.5) is 4.79 Å². The second-order valence-electron chi connectivity index (χ2n) is 9.63. The Bertz CT molecular complexity index is 870. The second-order valence-corrected chi connectivity index (χ2v) is 9.63. The molecule has 0 saturated heterocycles. The smallest absolute Gasteiger partial charge is 0.408 e. The first-order chi connectivity index (χ1) is 16.5. The molecule has 3 atom stereocenters. The minimum Gasteiger partial charge on any atom is -0.444 e. The molecule has 3 amide bonds. The molecular weight excluding hydrogens is 446 g/mol. The lowest BCUT2D eigenvalue weighted by Crippen LogP contribution is -2.55. The normalized spacial score (nSPS) is 13.7. The second kappa shape index (κ2) is 14.4. The molecule has 0 saturated carbocycles. The zero-order valence-corrected chi connectivity index (χ0v) is 21.9. The van der Waals surface area contributed by atoms with Gasteiger partial charge in [0.1, 0.15) is 17.7 Å². The van der Waals surface area contributed by atoms with Gasteiger partial charge in [0.25, 0.3) is 0 Å². The van der Waals surface area contributed by atoms with E-state index in [9.17, 15) is 19.5 Å². The standard InChI is InChI=1S/C27H41N3O5/c1-8-11-17-30(25(33)22(18-31)29-26(34)35-27(5,6)7)23(24(32)28-19(4)12-9-2)21-15-13-20(10-3)14-16-21/h3,13-16,19,22-23,31H,8-9,11-12,17-18H2,1-2,4-7H3,(H,28,32)(H,29,34). The number of carbonyl (C=O) groups is 3. The monoisotopic (exact) mass is 487 g/mol. The quantitative estimate of drug-likeness (QED) is 0.391. The van der Waals surface area contributed by atoms with Crippen LogP contribution >= 0.6 is 0 Å². The van der Waals surface area contributed by atoms with Gasteiger partial charge in [-0.3, -0.25) is 9.59 Å². The highest BCUT2D eigenvalue weighted by Crippen LogP contribution is 2.24. The number of hydrogen-bond acceptors (Lipinski definition) is 5. The van der Waals surface area contributed by atoms with Crippen LogP contribution in [0.1, 0.15) is 84.4 Å². The molecule has 3 N–H and O–H groups in total. The maximum atomic E-state index is 13.6. The van der Waals surface area contributed by atoms with Crippen LogP contribution in [0.3, 0.4) is 0 Å². The fraction of sp³-hybridized carbons (Fsp3) is 0.593. The van der Waals surface area contributed by atoms with Crippen molar-refractivity contribution in [3.05, 3.63) is 35.4 Å². The van der Waals surface area contributed by atoms with Gasteiger partial charge in [-0.05, 0) is 58.2 Å². The van der Waals surface area contributed by atoms with Crippen LogP contribution in [-0.4, -0.2) is 58.8 Å². The molecule has 0 aromatic heterocycles. The number of aliphatic hydroxyl groups is 1. The summed E-state index contributed by atoms with van der Waals surface area (Å²) < 4.78 is 5.25. The van der Waals surface area contributed by atoms with Gasteiger partial charge in [0.05, 0.1) is 6.61 Å². The molecule has 0 spiro atoms. The Hall–Kier alpha value is -3.05. The number of carbonyl (C=O) groups excluding carboxylic acids is 3. The minimum atomic E-state index is -1.27. The Morgan fingerprint density at radius 1 is 1.11 bits per heavy atom. The van der Waals surface area contributed by atoms with E-state index in [2.05, 4.69) is 16.6 Å². The number of hydrogen-bond donors (Lipinski definition) is 3. The molecule has 8 heteroatoms. The number of alkyl carbamates (subject to hydrolysis) is 1. The van der Waals surface area contributed by atoms with Crippen LogP contribution < -0.4 is 10.6 Å². The van der Waals surface area contributed by atoms with E-state index in [4.69, 9.17) is 11.2 Å². The average Bonchev–Trinajstić information content (AvgIpc) is 2.78. The summed E-state index contributed by atoms with van der Waals surface area (Å²) in [6, 6.07) is 4.57. The van der Waals surface area contributed by atoms with E-state index in [-0.39, 0.29) is 18.5 Å². The molecule has 0 radical (unpaired) electrons. The van der Waals surface area contributed by atoms with Crippen LogP contribution in [0.2, 0.25) is 0 Å². The molecule has 3 unspecified atom stereocenters. The maximum Gasteiger partial charge on any atom is 0.408 e. The zero-order valence-electron chi connectivity index (χ0n) is 21.9. The molecule has 0 bridgehead atoms. The predicted octanol–water partition coefficient (Wildman–Crippen LogP) is 3.53. The van der Waals surface area contributed by atoms with E-state index >= 15 is 0 Å². The van der Waals surface area contributed by atoms with Crippen LogP contribution in [-0.2, 0) is 14.3 Å². The van der Waals surface area contributed by atoms with Crippen LogP contribution in [0, 0.1) is 12.3 Å². The number of benzene rings is 1. The van der Waals surface area contributed by atoms with Crippen LogP contribution in [0.25, 0.3) is 0 Å². The van der Waals surface area contributed by atoms with Crippen molar-refractivity contribution in [1.29, 1.82) is 0 Å². The van der Waals surface area contributed by atoms with Crippen molar-refractivity contribution in [2.75, 3.05) is 13.2 Å². The Morgan fingerprint density at radius 2 is 1.74 bits per heavy atom. The number of nitrogens with zero attached hydrogens (tertiary/aromatic N) is 1. The summed E-state index contributed by atoms with van der Waals surface area (Å²) in [6.45, 7) is 10.7. The molecule has 8 nitrogen and oxygen atoms in total. The Labute approximate surface area is 209 Å². The fourth-order valence-electron chi connectivity index (χ4n) is 3.59. The van der Waals surface area contributed by atoms with Gasteiger partial charge in [-0.15, -0.1) is 6.42 Å². The number of unbranched alkanes of at least 4 members (excludes halogenated alkanes) is 1. The molecule has 0 aliphatic rings. The van der Waals surface area contributed by atoms with Crippen molar-refractivity contribution < 1.29 is 24.2 Å². The summed E-state index contributed by atoms with van der Waals surface area (Å²) in [5.41, 5.74) is 0.466. The van der Waals surface area contributed by atoms with Crippen molar-refractivity contribution in [3.63, 3.8) is 0 Å². The largest absolute Gasteiger partial charge is 0.444 e. The molecule has 194 valence electrons. The van der Waals surface area contributed by atoms with Crippen molar-refractivity contribution in [3.8, 4) is 12.3 Å². The van der Waals surface area contributed by atoms with Gasteiger partial charge in [-0.1, -0.05) is 44.7 Å². The van der Waals surface area contributed by atoms with E-state index in [1.807, 2.05) is 20.8 Å². The topological polar surface area (TPSA) is 108 Å².